The highest BCUT2D eigenvalue weighted by Gasteiger charge is 2.42. The Bertz CT molecular complexity index is 527. The maximum absolute atomic E-state index is 13.5. The lowest BCUT2D eigenvalue weighted by Gasteiger charge is -2.18. The SMILES string of the molecule is CC(NC(=O)C1CC(F)(F)CN1)c1cccc(F)c1F.Cl. The molecule has 8 heteroatoms. The van der Waals surface area contributed by atoms with E-state index in [0.29, 0.717) is 0 Å². The highest BCUT2D eigenvalue weighted by Crippen LogP contribution is 2.26. The van der Waals surface area contributed by atoms with Gasteiger partial charge in [0.25, 0.3) is 5.92 Å². The fraction of sp³-hybridized carbons (Fsp3) is 0.462. The van der Waals surface area contributed by atoms with Gasteiger partial charge in [-0.2, -0.15) is 0 Å². The predicted molar refractivity (Wildman–Crippen MR) is 71.5 cm³/mol. The van der Waals surface area contributed by atoms with Crippen LogP contribution in [0.1, 0.15) is 24.9 Å². The third-order valence-electron chi connectivity index (χ3n) is 3.23. The molecule has 2 atom stereocenters. The molecular weight excluding hydrogens is 312 g/mol. The van der Waals surface area contributed by atoms with E-state index in [4.69, 9.17) is 0 Å². The number of amides is 1. The summed E-state index contributed by atoms with van der Waals surface area (Å²) in [5, 5.41) is 4.80. The second kappa shape index (κ2) is 6.62. The zero-order valence-corrected chi connectivity index (χ0v) is 11.9. The van der Waals surface area contributed by atoms with E-state index in [1.54, 1.807) is 0 Å². The molecule has 2 unspecified atom stereocenters. The molecule has 1 saturated heterocycles. The molecule has 3 nitrogen and oxygen atoms in total. The van der Waals surface area contributed by atoms with Gasteiger partial charge in [0.2, 0.25) is 5.91 Å². The number of alkyl halides is 2. The number of benzene rings is 1. The molecule has 118 valence electrons. The minimum Gasteiger partial charge on any atom is -0.348 e. The van der Waals surface area contributed by atoms with Crippen molar-refractivity contribution in [3.05, 3.63) is 35.4 Å². The van der Waals surface area contributed by atoms with Crippen molar-refractivity contribution in [3.8, 4) is 0 Å². The Hall–Kier alpha value is -1.34. The maximum Gasteiger partial charge on any atom is 0.262 e. The molecule has 21 heavy (non-hydrogen) atoms. The summed E-state index contributed by atoms with van der Waals surface area (Å²) < 4.78 is 52.6. The second-order valence-corrected chi connectivity index (χ2v) is 4.87. The third-order valence-corrected chi connectivity index (χ3v) is 3.23. The number of nitrogens with one attached hydrogen (secondary N) is 2. The van der Waals surface area contributed by atoms with Crippen LogP contribution < -0.4 is 10.6 Å². The van der Waals surface area contributed by atoms with Gasteiger partial charge in [0, 0.05) is 12.0 Å². The van der Waals surface area contributed by atoms with Gasteiger partial charge >= 0.3 is 0 Å². The molecule has 1 aliphatic rings. The summed E-state index contributed by atoms with van der Waals surface area (Å²) in [6.45, 7) is 0.899. The molecule has 0 radical (unpaired) electrons. The van der Waals surface area contributed by atoms with E-state index in [9.17, 15) is 22.4 Å². The van der Waals surface area contributed by atoms with Gasteiger partial charge in [0.1, 0.15) is 0 Å². The Morgan fingerprint density at radius 2 is 2.10 bits per heavy atom. The molecule has 2 N–H and O–H groups in total. The molecule has 0 bridgehead atoms. The lowest BCUT2D eigenvalue weighted by Crippen LogP contribution is -2.41. The zero-order valence-electron chi connectivity index (χ0n) is 11.1. The molecule has 1 aromatic carbocycles. The molecule has 0 aromatic heterocycles. The van der Waals surface area contributed by atoms with Crippen LogP contribution in [-0.2, 0) is 4.79 Å². The van der Waals surface area contributed by atoms with E-state index in [1.807, 2.05) is 0 Å². The number of rotatable bonds is 3. The van der Waals surface area contributed by atoms with Crippen molar-refractivity contribution in [2.24, 2.45) is 0 Å². The first-order valence-electron chi connectivity index (χ1n) is 6.16. The summed E-state index contributed by atoms with van der Waals surface area (Å²) >= 11 is 0. The van der Waals surface area contributed by atoms with Crippen molar-refractivity contribution >= 4 is 18.3 Å². The Kier molecular flexibility index (Phi) is 5.58. The standard InChI is InChI=1S/C13H14F4N2O.ClH/c1-7(8-3-2-4-9(14)11(8)15)19-12(20)10-5-13(16,17)6-18-10;/h2-4,7,10,18H,5-6H2,1H3,(H,19,20);1H. The molecule has 1 fully saturated rings. The molecule has 0 spiro atoms. The van der Waals surface area contributed by atoms with Gasteiger partial charge in [-0.15, -0.1) is 12.4 Å². The minimum absolute atomic E-state index is 0. The smallest absolute Gasteiger partial charge is 0.262 e. The first-order chi connectivity index (χ1) is 9.30. The van der Waals surface area contributed by atoms with Crippen molar-refractivity contribution in [2.75, 3.05) is 6.54 Å². The Labute approximate surface area is 125 Å². The molecule has 0 aliphatic carbocycles. The lowest BCUT2D eigenvalue weighted by molar-refractivity contribution is -0.124. The van der Waals surface area contributed by atoms with Crippen LogP contribution in [0.5, 0.6) is 0 Å². The first kappa shape index (κ1) is 17.7. The fourth-order valence-electron chi connectivity index (χ4n) is 2.15. The lowest BCUT2D eigenvalue weighted by atomic mass is 10.1. The van der Waals surface area contributed by atoms with Gasteiger partial charge < -0.3 is 5.32 Å². The Morgan fingerprint density at radius 3 is 2.67 bits per heavy atom. The van der Waals surface area contributed by atoms with Crippen LogP contribution in [0.15, 0.2) is 18.2 Å². The summed E-state index contributed by atoms with van der Waals surface area (Å²) in [4.78, 5) is 11.8. The van der Waals surface area contributed by atoms with Crippen molar-refractivity contribution in [1.29, 1.82) is 0 Å². The highest BCUT2D eigenvalue weighted by atomic mass is 35.5. The number of hydrogen-bond donors (Lipinski definition) is 2. The predicted octanol–water partition coefficient (Wildman–Crippen LogP) is 2.56. The van der Waals surface area contributed by atoms with Crippen LogP contribution in [0.4, 0.5) is 17.6 Å². The summed E-state index contributed by atoms with van der Waals surface area (Å²) in [6.07, 6.45) is -0.600. The fourth-order valence-corrected chi connectivity index (χ4v) is 2.15. The van der Waals surface area contributed by atoms with Crippen molar-refractivity contribution in [1.82, 2.24) is 10.6 Å². The second-order valence-electron chi connectivity index (χ2n) is 4.87. The Morgan fingerprint density at radius 1 is 1.43 bits per heavy atom. The molecule has 2 rings (SSSR count). The average Bonchev–Trinajstić information content (AvgIpc) is 2.73. The van der Waals surface area contributed by atoms with Gasteiger partial charge in [-0.05, 0) is 13.0 Å². The van der Waals surface area contributed by atoms with Crippen molar-refractivity contribution < 1.29 is 22.4 Å². The number of halogens is 5. The molecule has 0 saturated carbocycles. The molecule has 1 aliphatic heterocycles. The molecule has 1 aromatic rings. The Balaban J connectivity index is 0.00000220. The first-order valence-corrected chi connectivity index (χ1v) is 6.16. The van der Waals surface area contributed by atoms with E-state index < -0.39 is 48.5 Å². The summed E-state index contributed by atoms with van der Waals surface area (Å²) in [7, 11) is 0. The van der Waals surface area contributed by atoms with Crippen LogP contribution in [0.2, 0.25) is 0 Å². The van der Waals surface area contributed by atoms with E-state index in [-0.39, 0.29) is 18.0 Å². The maximum atomic E-state index is 13.5. The van der Waals surface area contributed by atoms with E-state index in [0.717, 1.165) is 6.07 Å². The van der Waals surface area contributed by atoms with E-state index in [2.05, 4.69) is 10.6 Å². The molecule has 1 amide bonds. The summed E-state index contributed by atoms with van der Waals surface area (Å²) in [6, 6.07) is 1.78. The zero-order chi connectivity index (χ0) is 14.9. The summed E-state index contributed by atoms with van der Waals surface area (Å²) in [5.74, 6) is -5.65. The molecule has 1 heterocycles. The number of hydrogen-bond acceptors (Lipinski definition) is 2. The van der Waals surface area contributed by atoms with Crippen LogP contribution in [0.3, 0.4) is 0 Å². The largest absolute Gasteiger partial charge is 0.348 e. The van der Waals surface area contributed by atoms with Gasteiger partial charge in [-0.3, -0.25) is 10.1 Å². The molecular formula is C13H15ClF4N2O. The average molecular weight is 327 g/mol. The normalized spacial score (nSPS) is 21.5. The minimum atomic E-state index is -2.92. The third kappa shape index (κ3) is 4.07. The van der Waals surface area contributed by atoms with Gasteiger partial charge in [0.05, 0.1) is 18.6 Å². The van der Waals surface area contributed by atoms with Crippen LogP contribution in [-0.4, -0.2) is 24.4 Å². The van der Waals surface area contributed by atoms with Gasteiger partial charge in [-0.25, -0.2) is 17.6 Å². The van der Waals surface area contributed by atoms with Crippen LogP contribution in [0.25, 0.3) is 0 Å². The number of carbonyl (C=O) groups is 1. The monoisotopic (exact) mass is 326 g/mol. The summed E-state index contributed by atoms with van der Waals surface area (Å²) in [5.41, 5.74) is -0.0249. The number of carbonyl (C=O) groups excluding carboxylic acids is 1. The van der Waals surface area contributed by atoms with Crippen molar-refractivity contribution in [3.63, 3.8) is 0 Å². The highest BCUT2D eigenvalue weighted by molar-refractivity contribution is 5.85. The van der Waals surface area contributed by atoms with Crippen LogP contribution >= 0.6 is 12.4 Å². The topological polar surface area (TPSA) is 41.1 Å². The van der Waals surface area contributed by atoms with Gasteiger partial charge in [0.15, 0.2) is 11.6 Å². The van der Waals surface area contributed by atoms with Gasteiger partial charge in [-0.1, -0.05) is 12.1 Å². The van der Waals surface area contributed by atoms with Crippen molar-refractivity contribution in [2.45, 2.75) is 31.4 Å². The van der Waals surface area contributed by atoms with E-state index >= 15 is 0 Å². The van der Waals surface area contributed by atoms with Crippen LogP contribution in [0, 0.1) is 11.6 Å². The van der Waals surface area contributed by atoms with E-state index in [1.165, 1.54) is 19.1 Å². The quantitative estimate of drug-likeness (QED) is 0.838.